The van der Waals surface area contributed by atoms with Crippen LogP contribution < -0.4 is 11.1 Å². The van der Waals surface area contributed by atoms with E-state index in [2.05, 4.69) is 10.3 Å². The first kappa shape index (κ1) is 10.4. The van der Waals surface area contributed by atoms with Gasteiger partial charge in [-0.05, 0) is 49.4 Å². The molecule has 4 N–H and O–H groups in total. The number of nitrogens with two attached hydrogens (primary N) is 1. The third-order valence-electron chi connectivity index (χ3n) is 3.61. The Morgan fingerprint density at radius 2 is 2.07 bits per heavy atom. The first-order chi connectivity index (χ1) is 18.6. The molecule has 3 aromatic rings. The zero-order valence-corrected chi connectivity index (χ0v) is 16.3. The van der Waals surface area contributed by atoms with Crippen molar-refractivity contribution in [2.24, 2.45) is 0 Å². The lowest BCUT2D eigenvalue weighted by Gasteiger charge is -2.11. The van der Waals surface area contributed by atoms with E-state index < -0.39 is 79.4 Å². The number of amides is 1. The normalized spacial score (nSPS) is 20.5. The number of carbonyl (C=O) groups excluding carboxylic acids is 1. The SMILES string of the molecule is [2H]c1sc(N)nc1C([2H])([2H])C(=O)Nc1ccc(CC([2H])([2H])CC([2H])([2H])[C@]([2H])(O)c2c([2H])c([2H])c(C)c([2H])c2[2H])cc1. The third kappa shape index (κ3) is 6.69. The zero-order chi connectivity index (χ0) is 31.3. The van der Waals surface area contributed by atoms with Crippen molar-refractivity contribution >= 4 is 28.1 Å². The fraction of sp³-hybridized carbons (Fsp3) is 0.304. The molecule has 1 atom stereocenters. The number of benzene rings is 2. The predicted octanol–water partition coefficient (Wildman–Crippen LogP) is 4.66. The van der Waals surface area contributed by atoms with Crippen LogP contribution in [-0.2, 0) is 17.6 Å². The van der Waals surface area contributed by atoms with E-state index in [0.717, 1.165) is 11.3 Å². The smallest absolute Gasteiger partial charge is 0.230 e. The van der Waals surface area contributed by atoms with Gasteiger partial charge in [-0.2, -0.15) is 0 Å². The summed E-state index contributed by atoms with van der Waals surface area (Å²) < 4.78 is 97.6. The summed E-state index contributed by atoms with van der Waals surface area (Å²) in [4.78, 5) is 16.3. The Morgan fingerprint density at radius 1 is 1.34 bits per heavy atom. The van der Waals surface area contributed by atoms with Gasteiger partial charge in [0, 0.05) is 19.3 Å². The van der Waals surface area contributed by atoms with E-state index in [1.807, 2.05) is 0 Å². The molecule has 0 spiro atoms. The highest BCUT2D eigenvalue weighted by Gasteiger charge is 2.08. The van der Waals surface area contributed by atoms with Crippen molar-refractivity contribution in [3.05, 3.63) is 76.2 Å². The monoisotopic (exact) mass is 421 g/mol. The van der Waals surface area contributed by atoms with Gasteiger partial charge < -0.3 is 16.2 Å². The summed E-state index contributed by atoms with van der Waals surface area (Å²) in [5.74, 6) is -1.10. The van der Waals surface area contributed by atoms with Gasteiger partial charge in [-0.3, -0.25) is 4.79 Å². The number of anilines is 2. The number of hydrogen-bond acceptors (Lipinski definition) is 5. The van der Waals surface area contributed by atoms with Crippen LogP contribution in [0.15, 0.2) is 53.8 Å². The molecule has 0 bridgehead atoms. The molecular formula is C23H27N3O2S. The lowest BCUT2D eigenvalue weighted by atomic mass is 10.0. The van der Waals surface area contributed by atoms with Gasteiger partial charge in [0.1, 0.15) is 0 Å². The number of aryl methyl sites for hydroxylation is 1. The zero-order valence-electron chi connectivity index (χ0n) is 27.5. The lowest BCUT2D eigenvalue weighted by Crippen LogP contribution is -2.14. The molecule has 1 heterocycles. The maximum atomic E-state index is 12.5. The van der Waals surface area contributed by atoms with Crippen LogP contribution in [0.4, 0.5) is 10.8 Å². The molecule has 3 rings (SSSR count). The summed E-state index contributed by atoms with van der Waals surface area (Å²) in [7, 11) is 0. The fourth-order valence-electron chi connectivity index (χ4n) is 2.22. The van der Waals surface area contributed by atoms with Crippen molar-refractivity contribution in [1.82, 2.24) is 4.98 Å². The van der Waals surface area contributed by atoms with E-state index in [0.29, 0.717) is 5.56 Å². The van der Waals surface area contributed by atoms with E-state index in [9.17, 15) is 9.90 Å². The van der Waals surface area contributed by atoms with Crippen molar-refractivity contribution in [3.63, 3.8) is 0 Å². The third-order valence-corrected chi connectivity index (χ3v) is 4.21. The Balaban J connectivity index is 1.77. The number of rotatable bonds is 9. The van der Waals surface area contributed by atoms with E-state index in [1.54, 1.807) is 0 Å². The van der Waals surface area contributed by atoms with Gasteiger partial charge in [-0.1, -0.05) is 48.3 Å². The number of aromatic nitrogens is 1. The minimum absolute atomic E-state index is 0.0415. The Bertz CT molecular complexity index is 1450. The molecule has 0 aliphatic heterocycles. The average molecular weight is 422 g/mol. The number of aliphatic hydroxyl groups is 1. The van der Waals surface area contributed by atoms with Gasteiger partial charge in [-0.25, -0.2) is 4.98 Å². The summed E-state index contributed by atoms with van der Waals surface area (Å²) >= 11 is 0.722. The van der Waals surface area contributed by atoms with Gasteiger partial charge in [0.2, 0.25) is 5.91 Å². The van der Waals surface area contributed by atoms with Crippen LogP contribution in [0.2, 0.25) is 0 Å². The summed E-state index contributed by atoms with van der Waals surface area (Å²) in [5.41, 5.74) is 4.62. The van der Waals surface area contributed by atoms with Crippen molar-refractivity contribution < 1.29 is 26.4 Å². The Kier molecular flexibility index (Phi) is 3.64. The van der Waals surface area contributed by atoms with Crippen molar-refractivity contribution in [2.75, 3.05) is 11.1 Å². The number of nitrogens with zero attached hydrogens (tertiary/aromatic N) is 1. The van der Waals surface area contributed by atoms with Gasteiger partial charge in [0.05, 0.1) is 26.4 Å². The first-order valence-corrected chi connectivity index (χ1v) is 9.37. The highest BCUT2D eigenvalue weighted by atomic mass is 32.1. The van der Waals surface area contributed by atoms with E-state index >= 15 is 0 Å². The van der Waals surface area contributed by atoms with E-state index in [1.165, 1.54) is 31.2 Å². The predicted molar refractivity (Wildman–Crippen MR) is 119 cm³/mol. The number of thiazole rings is 1. The molecule has 0 saturated heterocycles. The molecule has 29 heavy (non-hydrogen) atoms. The second kappa shape index (κ2) is 10.2. The van der Waals surface area contributed by atoms with Crippen LogP contribution in [0, 0.1) is 6.92 Å². The topological polar surface area (TPSA) is 88.2 Å². The largest absolute Gasteiger partial charge is 0.388 e. The molecule has 0 aliphatic carbocycles. The summed E-state index contributed by atoms with van der Waals surface area (Å²) in [5, 5.41) is 12.9. The van der Waals surface area contributed by atoms with Crippen LogP contribution in [0.1, 0.15) is 64.1 Å². The standard InChI is InChI=1S/C23H27N3O2S/c1-16-6-10-18(11-7-16)21(27)5-3-2-4-17-8-12-19(13-9-17)25-22(28)14-20-15-29-23(24)26-20/h6-13,15,21,27H,2-5,14H2,1H3,(H2,24,26)(H,25,28)/t21-/m0/s1/i2D2,5D2,6D,7D,10D,11D,14D2,15D,21D. The van der Waals surface area contributed by atoms with Crippen molar-refractivity contribution in [1.29, 1.82) is 0 Å². The Labute approximate surface area is 192 Å². The molecule has 2 aromatic carbocycles. The molecule has 0 unspecified atom stereocenters. The number of carbonyl (C=O) groups is 1. The minimum atomic E-state index is -3.32. The first-order valence-electron chi connectivity index (χ1n) is 14.6. The Morgan fingerprint density at radius 3 is 2.72 bits per heavy atom. The molecular weight excluding hydrogens is 382 g/mol. The van der Waals surface area contributed by atoms with E-state index in [-0.39, 0.29) is 21.7 Å². The minimum Gasteiger partial charge on any atom is -0.388 e. The molecule has 6 heteroatoms. The summed E-state index contributed by atoms with van der Waals surface area (Å²) in [6, 6.07) is 2.89. The van der Waals surface area contributed by atoms with Crippen LogP contribution in [-0.4, -0.2) is 16.0 Å². The van der Waals surface area contributed by atoms with Crippen LogP contribution in [0.25, 0.3) is 0 Å². The quantitative estimate of drug-likeness (QED) is 0.469. The number of nitrogen functional groups attached to an aromatic ring is 1. The molecule has 0 radical (unpaired) electrons. The number of nitrogens with one attached hydrogen (secondary N) is 1. The summed E-state index contributed by atoms with van der Waals surface area (Å²) in [6.07, 6.45) is -12.8. The molecule has 1 amide bonds. The number of hydrogen-bond donors (Lipinski definition) is 3. The van der Waals surface area contributed by atoms with Gasteiger partial charge in [0.15, 0.2) is 5.13 Å². The van der Waals surface area contributed by atoms with Crippen LogP contribution >= 0.6 is 11.3 Å². The van der Waals surface area contributed by atoms with Gasteiger partial charge in [-0.15, -0.1) is 11.3 Å². The van der Waals surface area contributed by atoms with Gasteiger partial charge >= 0.3 is 0 Å². The van der Waals surface area contributed by atoms with E-state index in [4.69, 9.17) is 22.2 Å². The van der Waals surface area contributed by atoms with Crippen LogP contribution in [0.3, 0.4) is 0 Å². The summed E-state index contributed by atoms with van der Waals surface area (Å²) in [6.45, 7) is 1.32. The fourth-order valence-corrected chi connectivity index (χ4v) is 2.66. The second-order valence-corrected chi connectivity index (χ2v) is 6.73. The molecule has 0 fully saturated rings. The maximum Gasteiger partial charge on any atom is 0.230 e. The maximum absolute atomic E-state index is 12.5. The van der Waals surface area contributed by atoms with Crippen molar-refractivity contribution in [3.8, 4) is 0 Å². The molecule has 5 nitrogen and oxygen atoms in total. The molecule has 152 valence electrons. The highest BCUT2D eigenvalue weighted by molar-refractivity contribution is 7.13. The molecule has 1 aromatic heterocycles. The van der Waals surface area contributed by atoms with Crippen LogP contribution in [0.5, 0.6) is 0 Å². The molecule has 0 saturated carbocycles. The highest BCUT2D eigenvalue weighted by Crippen LogP contribution is 2.21. The average Bonchev–Trinajstić information content (AvgIpc) is 3.20. The second-order valence-electron chi connectivity index (χ2n) is 5.91. The van der Waals surface area contributed by atoms with Crippen molar-refractivity contribution in [2.45, 2.75) is 45.0 Å². The lowest BCUT2D eigenvalue weighted by molar-refractivity contribution is -0.115. The Hall–Kier alpha value is -2.70. The molecule has 0 aliphatic rings. The van der Waals surface area contributed by atoms with Gasteiger partial charge in [0.25, 0.3) is 0 Å².